The van der Waals surface area contributed by atoms with Gasteiger partial charge in [-0.05, 0) is 6.42 Å². The number of methoxy groups -OCH3 is 2. The Morgan fingerprint density at radius 3 is 2.17 bits per heavy atom. The Morgan fingerprint density at radius 1 is 0.870 bits per heavy atom. The van der Waals surface area contributed by atoms with Crippen LogP contribution in [0.3, 0.4) is 0 Å². The van der Waals surface area contributed by atoms with Crippen molar-refractivity contribution in [1.82, 2.24) is 9.97 Å². The van der Waals surface area contributed by atoms with Crippen LogP contribution in [0.5, 0.6) is 0 Å². The molecule has 0 spiro atoms. The molecule has 1 heterocycles. The van der Waals surface area contributed by atoms with E-state index in [2.05, 4.69) is 20.6 Å². The molecule has 0 saturated heterocycles. The lowest BCUT2D eigenvalue weighted by molar-refractivity contribution is 0.198. The van der Waals surface area contributed by atoms with E-state index in [-0.39, 0.29) is 0 Å². The molecule has 0 aliphatic heterocycles. The van der Waals surface area contributed by atoms with E-state index in [4.69, 9.17) is 9.47 Å². The van der Waals surface area contributed by atoms with Crippen LogP contribution in [0.2, 0.25) is 0 Å². The van der Waals surface area contributed by atoms with Crippen molar-refractivity contribution in [2.45, 2.75) is 6.42 Å². The molecule has 2 rings (SSSR count). The highest BCUT2D eigenvalue weighted by atomic mass is 16.5. The minimum atomic E-state index is 0.626. The highest BCUT2D eigenvalue weighted by Gasteiger charge is 2.06. The molecule has 1 aromatic carbocycles. The average Bonchev–Trinajstić information content (AvgIpc) is 2.60. The lowest BCUT2D eigenvalue weighted by Gasteiger charge is -2.11. The minimum absolute atomic E-state index is 0.626. The number of rotatable bonds is 10. The number of benzene rings is 1. The fourth-order valence-corrected chi connectivity index (χ4v) is 2.06. The number of hydrogen-bond donors (Lipinski definition) is 2. The van der Waals surface area contributed by atoms with Gasteiger partial charge < -0.3 is 20.1 Å². The number of ether oxygens (including phenoxy) is 2. The van der Waals surface area contributed by atoms with Crippen molar-refractivity contribution in [3.05, 3.63) is 36.4 Å². The summed E-state index contributed by atoms with van der Waals surface area (Å²) in [7, 11) is 3.38. The summed E-state index contributed by atoms with van der Waals surface area (Å²) >= 11 is 0. The zero-order chi connectivity index (χ0) is 16.3. The number of nitrogens with one attached hydrogen (secondary N) is 2. The molecule has 1 aromatic heterocycles. The summed E-state index contributed by atoms with van der Waals surface area (Å²) in [6, 6.07) is 11.9. The van der Waals surface area contributed by atoms with Crippen LogP contribution >= 0.6 is 0 Å². The molecule has 0 radical (unpaired) electrons. The van der Waals surface area contributed by atoms with Crippen molar-refractivity contribution < 1.29 is 9.47 Å². The van der Waals surface area contributed by atoms with Crippen molar-refractivity contribution in [3.63, 3.8) is 0 Å². The molecule has 0 amide bonds. The molecule has 124 valence electrons. The predicted octanol–water partition coefficient (Wildman–Crippen LogP) is 2.65. The largest absolute Gasteiger partial charge is 0.385 e. The van der Waals surface area contributed by atoms with Crippen LogP contribution < -0.4 is 10.6 Å². The van der Waals surface area contributed by atoms with Crippen LogP contribution in [0.1, 0.15) is 6.42 Å². The Labute approximate surface area is 137 Å². The first-order valence-electron chi connectivity index (χ1n) is 7.73. The van der Waals surface area contributed by atoms with Gasteiger partial charge in [-0.1, -0.05) is 30.3 Å². The molecule has 0 atom stereocenters. The van der Waals surface area contributed by atoms with Gasteiger partial charge in [-0.3, -0.25) is 0 Å². The first kappa shape index (κ1) is 17.2. The quantitative estimate of drug-likeness (QED) is 0.657. The Kier molecular flexibility index (Phi) is 7.29. The highest BCUT2D eigenvalue weighted by molar-refractivity contribution is 5.61. The second-order valence-electron chi connectivity index (χ2n) is 5.02. The second-order valence-corrected chi connectivity index (χ2v) is 5.02. The molecular formula is C17H24N4O2. The summed E-state index contributed by atoms with van der Waals surface area (Å²) in [4.78, 5) is 9.17. The van der Waals surface area contributed by atoms with Gasteiger partial charge in [0.2, 0.25) is 0 Å². The van der Waals surface area contributed by atoms with Gasteiger partial charge in [0.25, 0.3) is 0 Å². The summed E-state index contributed by atoms with van der Waals surface area (Å²) in [5.74, 6) is 2.28. The lowest BCUT2D eigenvalue weighted by Crippen LogP contribution is -2.12. The molecule has 6 nitrogen and oxygen atoms in total. The van der Waals surface area contributed by atoms with E-state index in [9.17, 15) is 0 Å². The van der Waals surface area contributed by atoms with Crippen LogP contribution in [0, 0.1) is 0 Å². The van der Waals surface area contributed by atoms with Gasteiger partial charge in [-0.25, -0.2) is 9.97 Å². The maximum atomic E-state index is 5.07. The van der Waals surface area contributed by atoms with Gasteiger partial charge in [0.15, 0.2) is 5.82 Å². The third kappa shape index (κ3) is 5.84. The lowest BCUT2D eigenvalue weighted by atomic mass is 10.2. The first-order chi connectivity index (χ1) is 11.3. The van der Waals surface area contributed by atoms with Gasteiger partial charge in [0.1, 0.15) is 11.6 Å². The fourth-order valence-electron chi connectivity index (χ4n) is 2.06. The fraction of sp³-hybridized carbons (Fsp3) is 0.412. The summed E-state index contributed by atoms with van der Waals surface area (Å²) < 4.78 is 10.1. The van der Waals surface area contributed by atoms with Crippen LogP contribution in [0.4, 0.5) is 11.6 Å². The third-order valence-corrected chi connectivity index (χ3v) is 3.20. The Bertz CT molecular complexity index is 578. The van der Waals surface area contributed by atoms with Gasteiger partial charge in [-0.2, -0.15) is 0 Å². The minimum Gasteiger partial charge on any atom is -0.385 e. The molecule has 0 saturated carbocycles. The smallest absolute Gasteiger partial charge is 0.163 e. The van der Waals surface area contributed by atoms with Crippen LogP contribution in [0.25, 0.3) is 11.4 Å². The van der Waals surface area contributed by atoms with Crippen molar-refractivity contribution in [1.29, 1.82) is 0 Å². The SMILES string of the molecule is COCCCNc1cc(NCCOC)nc(-c2ccccc2)n1. The molecule has 2 aromatic rings. The Hall–Kier alpha value is -2.18. The molecule has 6 heteroatoms. The van der Waals surface area contributed by atoms with Crippen LogP contribution in [-0.4, -0.2) is 50.5 Å². The third-order valence-electron chi connectivity index (χ3n) is 3.20. The first-order valence-corrected chi connectivity index (χ1v) is 7.73. The highest BCUT2D eigenvalue weighted by Crippen LogP contribution is 2.20. The monoisotopic (exact) mass is 316 g/mol. The predicted molar refractivity (Wildman–Crippen MR) is 92.8 cm³/mol. The summed E-state index contributed by atoms with van der Waals surface area (Å²) in [5.41, 5.74) is 0.989. The Morgan fingerprint density at radius 2 is 1.52 bits per heavy atom. The Balaban J connectivity index is 2.14. The maximum Gasteiger partial charge on any atom is 0.163 e. The molecule has 0 aliphatic carbocycles. The van der Waals surface area contributed by atoms with Crippen molar-refractivity contribution in [3.8, 4) is 11.4 Å². The van der Waals surface area contributed by atoms with E-state index >= 15 is 0 Å². The summed E-state index contributed by atoms with van der Waals surface area (Å²) in [6.45, 7) is 2.85. The number of nitrogens with zero attached hydrogens (tertiary/aromatic N) is 2. The van der Waals surface area contributed by atoms with Crippen molar-refractivity contribution in [2.24, 2.45) is 0 Å². The number of anilines is 2. The van der Waals surface area contributed by atoms with Gasteiger partial charge in [0.05, 0.1) is 6.61 Å². The molecule has 0 unspecified atom stereocenters. The van der Waals surface area contributed by atoms with Crippen molar-refractivity contribution in [2.75, 3.05) is 51.2 Å². The van der Waals surface area contributed by atoms with Crippen LogP contribution in [-0.2, 0) is 9.47 Å². The van der Waals surface area contributed by atoms with Crippen LogP contribution in [0.15, 0.2) is 36.4 Å². The standard InChI is InChI=1S/C17H24N4O2/c1-22-11-6-9-18-15-13-16(19-10-12-23-2)21-17(20-15)14-7-4-3-5-8-14/h3-5,7-8,13H,6,9-12H2,1-2H3,(H2,18,19,20,21). The molecule has 0 aliphatic rings. The molecule has 2 N–H and O–H groups in total. The summed E-state index contributed by atoms with van der Waals surface area (Å²) in [5, 5.41) is 6.57. The molecule has 0 bridgehead atoms. The zero-order valence-electron chi connectivity index (χ0n) is 13.7. The normalized spacial score (nSPS) is 10.5. The topological polar surface area (TPSA) is 68.3 Å². The van der Waals surface area contributed by atoms with E-state index in [0.29, 0.717) is 19.0 Å². The van der Waals surface area contributed by atoms with E-state index in [1.54, 1.807) is 14.2 Å². The van der Waals surface area contributed by atoms with Gasteiger partial charge >= 0.3 is 0 Å². The maximum absolute atomic E-state index is 5.07. The summed E-state index contributed by atoms with van der Waals surface area (Å²) in [6.07, 6.45) is 0.924. The van der Waals surface area contributed by atoms with E-state index in [0.717, 1.165) is 36.8 Å². The zero-order valence-corrected chi connectivity index (χ0v) is 13.7. The second kappa shape index (κ2) is 9.76. The average molecular weight is 316 g/mol. The van der Waals surface area contributed by atoms with Gasteiger partial charge in [0, 0.05) is 45.5 Å². The van der Waals surface area contributed by atoms with E-state index in [1.165, 1.54) is 0 Å². The van der Waals surface area contributed by atoms with Crippen molar-refractivity contribution >= 4 is 11.6 Å². The molecular weight excluding hydrogens is 292 g/mol. The number of aromatic nitrogens is 2. The number of hydrogen-bond acceptors (Lipinski definition) is 6. The van der Waals surface area contributed by atoms with E-state index < -0.39 is 0 Å². The van der Waals surface area contributed by atoms with Gasteiger partial charge in [-0.15, -0.1) is 0 Å². The molecule has 23 heavy (non-hydrogen) atoms. The molecule has 0 fully saturated rings. The van der Waals surface area contributed by atoms with E-state index in [1.807, 2.05) is 36.4 Å².